The molecule has 1 aromatic carbocycles. The van der Waals surface area contributed by atoms with Crippen molar-refractivity contribution >= 4 is 29.2 Å². The number of hydrogen-bond donors (Lipinski definition) is 1. The van der Waals surface area contributed by atoms with Gasteiger partial charge < -0.3 is 5.11 Å². The maximum absolute atomic E-state index is 10.8. The second-order valence-electron chi connectivity index (χ2n) is 3.47. The number of benzene rings is 1. The monoisotopic (exact) mass is 270 g/mol. The molecule has 0 saturated carbocycles. The molecule has 2 rings (SSSR count). The SMILES string of the molecule is Cn1nc(C(=O)O)cc1-c1ccc(Cl)cc1Cl. The van der Waals surface area contributed by atoms with E-state index in [4.69, 9.17) is 28.3 Å². The highest BCUT2D eigenvalue weighted by atomic mass is 35.5. The van der Waals surface area contributed by atoms with Gasteiger partial charge in [0, 0.05) is 17.6 Å². The Labute approximate surface area is 107 Å². The standard InChI is InChI=1S/C11H8Cl2N2O2/c1-15-10(5-9(14-15)11(16)17)7-3-2-6(12)4-8(7)13/h2-5H,1H3,(H,16,17). The highest BCUT2D eigenvalue weighted by molar-refractivity contribution is 6.36. The number of rotatable bonds is 2. The van der Waals surface area contributed by atoms with E-state index in [9.17, 15) is 4.79 Å². The summed E-state index contributed by atoms with van der Waals surface area (Å²) < 4.78 is 1.47. The molecule has 0 fully saturated rings. The molecule has 0 aliphatic rings. The van der Waals surface area contributed by atoms with E-state index < -0.39 is 5.97 Å². The molecular weight excluding hydrogens is 263 g/mol. The number of carbonyl (C=O) groups is 1. The quantitative estimate of drug-likeness (QED) is 0.913. The van der Waals surface area contributed by atoms with E-state index in [2.05, 4.69) is 5.10 Å². The van der Waals surface area contributed by atoms with Crippen molar-refractivity contribution in [2.45, 2.75) is 0 Å². The molecule has 0 atom stereocenters. The fraction of sp³-hybridized carbons (Fsp3) is 0.0909. The molecule has 17 heavy (non-hydrogen) atoms. The van der Waals surface area contributed by atoms with Gasteiger partial charge in [-0.15, -0.1) is 0 Å². The highest BCUT2D eigenvalue weighted by Gasteiger charge is 2.14. The van der Waals surface area contributed by atoms with Crippen LogP contribution in [0, 0.1) is 0 Å². The number of carboxylic acid groups (broad SMARTS) is 1. The summed E-state index contributed by atoms with van der Waals surface area (Å²) in [6.07, 6.45) is 0. The third kappa shape index (κ3) is 2.28. The van der Waals surface area contributed by atoms with Gasteiger partial charge in [0.2, 0.25) is 0 Å². The van der Waals surface area contributed by atoms with Crippen molar-refractivity contribution in [3.05, 3.63) is 40.0 Å². The van der Waals surface area contributed by atoms with E-state index in [1.165, 1.54) is 10.7 Å². The largest absolute Gasteiger partial charge is 0.476 e. The maximum atomic E-state index is 10.8. The molecule has 1 aromatic heterocycles. The molecule has 0 saturated heterocycles. The van der Waals surface area contributed by atoms with Gasteiger partial charge in [-0.1, -0.05) is 23.2 Å². The molecule has 0 bridgehead atoms. The van der Waals surface area contributed by atoms with Crippen molar-refractivity contribution in [2.75, 3.05) is 0 Å². The number of aryl methyl sites for hydroxylation is 1. The van der Waals surface area contributed by atoms with Gasteiger partial charge in [-0.2, -0.15) is 5.10 Å². The number of halogens is 2. The van der Waals surface area contributed by atoms with E-state index in [0.717, 1.165) is 0 Å². The first-order valence-corrected chi connectivity index (χ1v) is 5.47. The first-order chi connectivity index (χ1) is 7.99. The average Bonchev–Trinajstić information content (AvgIpc) is 2.61. The molecule has 88 valence electrons. The van der Waals surface area contributed by atoms with E-state index in [1.807, 2.05) is 0 Å². The zero-order valence-corrected chi connectivity index (χ0v) is 10.3. The lowest BCUT2D eigenvalue weighted by atomic mass is 10.1. The van der Waals surface area contributed by atoms with Crippen molar-refractivity contribution in [2.24, 2.45) is 7.05 Å². The normalized spacial score (nSPS) is 10.5. The van der Waals surface area contributed by atoms with Crippen LogP contribution in [0.1, 0.15) is 10.5 Å². The van der Waals surface area contributed by atoms with Crippen LogP contribution in [-0.4, -0.2) is 20.9 Å². The molecule has 0 amide bonds. The zero-order chi connectivity index (χ0) is 12.6. The lowest BCUT2D eigenvalue weighted by Crippen LogP contribution is -1.99. The summed E-state index contributed by atoms with van der Waals surface area (Å²) in [6.45, 7) is 0. The van der Waals surface area contributed by atoms with Crippen LogP contribution in [0.25, 0.3) is 11.3 Å². The number of aromatic carboxylic acids is 1. The minimum atomic E-state index is -1.07. The maximum Gasteiger partial charge on any atom is 0.356 e. The van der Waals surface area contributed by atoms with Crippen LogP contribution >= 0.6 is 23.2 Å². The van der Waals surface area contributed by atoms with Crippen molar-refractivity contribution < 1.29 is 9.90 Å². The van der Waals surface area contributed by atoms with Gasteiger partial charge in [0.25, 0.3) is 0 Å². The third-order valence-electron chi connectivity index (χ3n) is 2.31. The van der Waals surface area contributed by atoms with Gasteiger partial charge in [-0.05, 0) is 24.3 Å². The average molecular weight is 271 g/mol. The third-order valence-corrected chi connectivity index (χ3v) is 2.85. The van der Waals surface area contributed by atoms with Crippen molar-refractivity contribution in [3.63, 3.8) is 0 Å². The Morgan fingerprint density at radius 1 is 1.35 bits per heavy atom. The summed E-state index contributed by atoms with van der Waals surface area (Å²) in [7, 11) is 1.66. The Hall–Kier alpha value is -1.52. The number of hydrogen-bond acceptors (Lipinski definition) is 2. The van der Waals surface area contributed by atoms with Crippen LogP contribution in [0.5, 0.6) is 0 Å². The van der Waals surface area contributed by atoms with Crippen molar-refractivity contribution in [1.29, 1.82) is 0 Å². The van der Waals surface area contributed by atoms with Crippen LogP contribution in [0.15, 0.2) is 24.3 Å². The predicted molar refractivity (Wildman–Crippen MR) is 65.6 cm³/mol. The van der Waals surface area contributed by atoms with Crippen LogP contribution < -0.4 is 0 Å². The summed E-state index contributed by atoms with van der Waals surface area (Å²) in [4.78, 5) is 10.8. The predicted octanol–water partition coefficient (Wildman–Crippen LogP) is 3.09. The van der Waals surface area contributed by atoms with Gasteiger partial charge in [0.05, 0.1) is 10.7 Å². The Kier molecular flexibility index (Phi) is 3.09. The minimum Gasteiger partial charge on any atom is -0.476 e. The molecular formula is C11H8Cl2N2O2. The fourth-order valence-electron chi connectivity index (χ4n) is 1.52. The molecule has 0 unspecified atom stereocenters. The molecule has 2 aromatic rings. The summed E-state index contributed by atoms with van der Waals surface area (Å²) in [5.74, 6) is -1.07. The van der Waals surface area contributed by atoms with Gasteiger partial charge >= 0.3 is 5.97 Å². The van der Waals surface area contributed by atoms with E-state index in [-0.39, 0.29) is 5.69 Å². The van der Waals surface area contributed by atoms with Crippen molar-refractivity contribution in [1.82, 2.24) is 9.78 Å². The van der Waals surface area contributed by atoms with E-state index in [0.29, 0.717) is 21.3 Å². The summed E-state index contributed by atoms with van der Waals surface area (Å²) in [6, 6.07) is 6.49. The summed E-state index contributed by atoms with van der Waals surface area (Å²) in [5, 5.41) is 13.7. The van der Waals surface area contributed by atoms with Crippen LogP contribution in [0.3, 0.4) is 0 Å². The Balaban J connectivity index is 2.56. The van der Waals surface area contributed by atoms with Gasteiger partial charge in [0.15, 0.2) is 5.69 Å². The van der Waals surface area contributed by atoms with Gasteiger partial charge in [-0.25, -0.2) is 4.79 Å². The zero-order valence-electron chi connectivity index (χ0n) is 8.82. The lowest BCUT2D eigenvalue weighted by molar-refractivity contribution is 0.0689. The number of carboxylic acids is 1. The molecule has 0 spiro atoms. The highest BCUT2D eigenvalue weighted by Crippen LogP contribution is 2.30. The molecule has 0 aliphatic carbocycles. The van der Waals surface area contributed by atoms with Gasteiger partial charge in [0.1, 0.15) is 0 Å². The molecule has 1 heterocycles. The van der Waals surface area contributed by atoms with Crippen LogP contribution in [-0.2, 0) is 7.05 Å². The van der Waals surface area contributed by atoms with Crippen molar-refractivity contribution in [3.8, 4) is 11.3 Å². The molecule has 6 heteroatoms. The van der Waals surface area contributed by atoms with E-state index in [1.54, 1.807) is 25.2 Å². The Morgan fingerprint density at radius 3 is 2.59 bits per heavy atom. The summed E-state index contributed by atoms with van der Waals surface area (Å²) >= 11 is 11.9. The fourth-order valence-corrected chi connectivity index (χ4v) is 2.03. The lowest BCUT2D eigenvalue weighted by Gasteiger charge is -2.04. The van der Waals surface area contributed by atoms with Crippen LogP contribution in [0.2, 0.25) is 10.0 Å². The molecule has 0 radical (unpaired) electrons. The smallest absolute Gasteiger partial charge is 0.356 e. The first kappa shape index (κ1) is 12.0. The molecule has 1 N–H and O–H groups in total. The second kappa shape index (κ2) is 4.39. The second-order valence-corrected chi connectivity index (χ2v) is 4.31. The molecule has 4 nitrogen and oxygen atoms in total. The number of nitrogens with zero attached hydrogens (tertiary/aromatic N) is 2. The Morgan fingerprint density at radius 2 is 2.06 bits per heavy atom. The molecule has 0 aliphatic heterocycles. The Bertz CT molecular complexity index is 593. The first-order valence-electron chi connectivity index (χ1n) is 4.72. The van der Waals surface area contributed by atoms with Crippen LogP contribution in [0.4, 0.5) is 0 Å². The van der Waals surface area contributed by atoms with Gasteiger partial charge in [-0.3, -0.25) is 4.68 Å². The number of aromatic nitrogens is 2. The summed E-state index contributed by atoms with van der Waals surface area (Å²) in [5.41, 5.74) is 1.30. The topological polar surface area (TPSA) is 55.1 Å². The van der Waals surface area contributed by atoms with E-state index >= 15 is 0 Å². The minimum absolute atomic E-state index is 0.0199.